The zero-order valence-corrected chi connectivity index (χ0v) is 10.2. The molecule has 2 aliphatic heterocycles. The van der Waals surface area contributed by atoms with E-state index in [0.29, 0.717) is 6.29 Å². The Hall–Kier alpha value is -1.98. The van der Waals surface area contributed by atoms with E-state index in [2.05, 4.69) is 0 Å². The van der Waals surface area contributed by atoms with Gasteiger partial charge in [0.15, 0.2) is 17.3 Å². The average Bonchev–Trinajstić information content (AvgIpc) is 2.40. The van der Waals surface area contributed by atoms with Gasteiger partial charge in [0.25, 0.3) is 0 Å². The monoisotopic (exact) mass is 267 g/mol. The van der Waals surface area contributed by atoms with E-state index in [1.54, 1.807) is 4.90 Å². The second-order valence-electron chi connectivity index (χ2n) is 4.82. The number of hydrogen-bond donors (Lipinski definition) is 0. The fourth-order valence-electron chi connectivity index (χ4n) is 2.58. The van der Waals surface area contributed by atoms with Crippen molar-refractivity contribution >= 4 is 17.8 Å². The molecule has 2 atom stereocenters. The molecule has 0 radical (unpaired) electrons. The Balaban J connectivity index is 2.28. The van der Waals surface area contributed by atoms with Crippen LogP contribution in [-0.4, -0.2) is 31.3 Å². The van der Waals surface area contributed by atoms with E-state index in [1.165, 1.54) is 0 Å². The molecule has 0 fully saturated rings. The summed E-state index contributed by atoms with van der Waals surface area (Å²) in [6.07, 6.45) is 0.550. The number of nitrogens with zero attached hydrogens (tertiary/aromatic N) is 1. The first-order valence-corrected chi connectivity index (χ1v) is 5.95. The van der Waals surface area contributed by atoms with Crippen LogP contribution in [0, 0.1) is 17.6 Å². The van der Waals surface area contributed by atoms with E-state index in [0.717, 1.165) is 6.07 Å². The van der Waals surface area contributed by atoms with Crippen molar-refractivity contribution < 1.29 is 23.1 Å². The topological polar surface area (TPSA) is 46.6 Å². The predicted octanol–water partition coefficient (Wildman–Crippen LogP) is 1.56. The van der Waals surface area contributed by atoms with Gasteiger partial charge in [0, 0.05) is 12.1 Å². The summed E-state index contributed by atoms with van der Waals surface area (Å²) in [6.45, 7) is 2.20. The quantitative estimate of drug-likeness (QED) is 0.572. The normalized spacial score (nSPS) is 24.8. The van der Waals surface area contributed by atoms with Crippen molar-refractivity contribution in [3.05, 3.63) is 23.3 Å². The molecule has 2 heterocycles. The van der Waals surface area contributed by atoms with Crippen molar-refractivity contribution in [2.75, 3.05) is 18.1 Å². The first-order valence-electron chi connectivity index (χ1n) is 5.95. The molecule has 0 spiro atoms. The molecule has 0 amide bonds. The van der Waals surface area contributed by atoms with Crippen LogP contribution in [0.15, 0.2) is 6.07 Å². The van der Waals surface area contributed by atoms with Crippen LogP contribution in [0.5, 0.6) is 5.75 Å². The number of halogens is 2. The molecule has 19 heavy (non-hydrogen) atoms. The number of ether oxygens (including phenoxy) is 1. The highest BCUT2D eigenvalue weighted by atomic mass is 19.2. The summed E-state index contributed by atoms with van der Waals surface area (Å²) in [7, 11) is 0. The Morgan fingerprint density at radius 3 is 2.89 bits per heavy atom. The van der Waals surface area contributed by atoms with Crippen LogP contribution in [0.3, 0.4) is 0 Å². The molecule has 0 aromatic heterocycles. The van der Waals surface area contributed by atoms with E-state index in [4.69, 9.17) is 4.74 Å². The Morgan fingerprint density at radius 2 is 2.21 bits per heavy atom. The van der Waals surface area contributed by atoms with Gasteiger partial charge < -0.3 is 14.4 Å². The molecule has 0 saturated carbocycles. The van der Waals surface area contributed by atoms with Crippen LogP contribution < -0.4 is 9.64 Å². The number of hydrogen-bond acceptors (Lipinski definition) is 4. The number of carbonyl (C=O) groups excluding carboxylic acids is 2. The molecule has 100 valence electrons. The summed E-state index contributed by atoms with van der Waals surface area (Å²) in [5.41, 5.74) is 0.282. The molecule has 1 aromatic rings. The third-order valence-electron chi connectivity index (χ3n) is 3.60. The van der Waals surface area contributed by atoms with E-state index < -0.39 is 23.3 Å². The molecule has 1 aromatic carbocycles. The largest absolute Gasteiger partial charge is 0.486 e. The zero-order valence-electron chi connectivity index (χ0n) is 10.2. The number of Topliss-reactive ketones (excluding diaryl/α,β-unsaturated/α-hetero) is 1. The maximum atomic E-state index is 13.7. The van der Waals surface area contributed by atoms with E-state index in [1.807, 2.05) is 6.92 Å². The van der Waals surface area contributed by atoms with Gasteiger partial charge in [-0.25, -0.2) is 4.39 Å². The van der Waals surface area contributed by atoms with Crippen LogP contribution in [0.25, 0.3) is 0 Å². The molecule has 0 saturated heterocycles. The van der Waals surface area contributed by atoms with Crippen LogP contribution in [0.1, 0.15) is 17.3 Å². The lowest BCUT2D eigenvalue weighted by Crippen LogP contribution is -2.49. The van der Waals surface area contributed by atoms with Gasteiger partial charge in [0.1, 0.15) is 12.9 Å². The lowest BCUT2D eigenvalue weighted by Gasteiger charge is -2.41. The second-order valence-corrected chi connectivity index (χ2v) is 4.82. The summed E-state index contributed by atoms with van der Waals surface area (Å²) in [4.78, 5) is 24.7. The summed E-state index contributed by atoms with van der Waals surface area (Å²) < 4.78 is 32.4. The van der Waals surface area contributed by atoms with Crippen molar-refractivity contribution in [1.29, 1.82) is 0 Å². The summed E-state index contributed by atoms with van der Waals surface area (Å²) in [5, 5.41) is 0. The number of benzene rings is 1. The van der Waals surface area contributed by atoms with Gasteiger partial charge in [-0.15, -0.1) is 0 Å². The number of carbonyl (C=O) groups is 2. The third kappa shape index (κ3) is 1.55. The number of anilines is 1. The minimum absolute atomic E-state index is 0.0174. The minimum Gasteiger partial charge on any atom is -0.486 e. The van der Waals surface area contributed by atoms with Crippen molar-refractivity contribution in [3.8, 4) is 5.75 Å². The molecule has 0 N–H and O–H groups in total. The number of rotatable bonds is 1. The molecule has 0 aliphatic carbocycles. The molecule has 4 nitrogen and oxygen atoms in total. The van der Waals surface area contributed by atoms with Crippen LogP contribution in [0.2, 0.25) is 0 Å². The van der Waals surface area contributed by atoms with E-state index >= 15 is 0 Å². The highest BCUT2D eigenvalue weighted by Crippen LogP contribution is 2.43. The van der Waals surface area contributed by atoms with Gasteiger partial charge >= 0.3 is 0 Å². The summed E-state index contributed by atoms with van der Waals surface area (Å²) >= 11 is 0. The Morgan fingerprint density at radius 1 is 1.47 bits per heavy atom. The van der Waals surface area contributed by atoms with Gasteiger partial charge in [-0.05, 0) is 13.0 Å². The van der Waals surface area contributed by atoms with E-state index in [-0.39, 0.29) is 36.2 Å². The lowest BCUT2D eigenvalue weighted by molar-refractivity contribution is -0.109. The van der Waals surface area contributed by atoms with Crippen molar-refractivity contribution in [1.82, 2.24) is 0 Å². The molecular weight excluding hydrogens is 256 g/mol. The fraction of sp³-hybridized carbons (Fsp3) is 0.385. The molecule has 2 unspecified atom stereocenters. The minimum atomic E-state index is -1.14. The van der Waals surface area contributed by atoms with Gasteiger partial charge in [-0.2, -0.15) is 4.39 Å². The standard InChI is InChI=1S/C13H11F2NO3/c1-6-5-19-13-10(15)9(14)2-8-11(13)16(6)3-7(4-17)12(8)18/h2,4,6-7H,3,5H2,1H3. The third-order valence-corrected chi connectivity index (χ3v) is 3.60. The fourth-order valence-corrected chi connectivity index (χ4v) is 2.58. The maximum Gasteiger partial charge on any atom is 0.202 e. The van der Waals surface area contributed by atoms with Crippen molar-refractivity contribution in [2.24, 2.45) is 5.92 Å². The first kappa shape index (κ1) is 12.1. The zero-order chi connectivity index (χ0) is 13.7. The first-order chi connectivity index (χ1) is 9.04. The van der Waals surface area contributed by atoms with E-state index in [9.17, 15) is 18.4 Å². The molecule has 6 heteroatoms. The Bertz CT molecular complexity index is 588. The lowest BCUT2D eigenvalue weighted by atomic mass is 9.89. The highest BCUT2D eigenvalue weighted by Gasteiger charge is 2.40. The number of ketones is 1. The van der Waals surface area contributed by atoms with Crippen molar-refractivity contribution in [3.63, 3.8) is 0 Å². The molecular formula is C13H11F2NO3. The van der Waals surface area contributed by atoms with Crippen LogP contribution >= 0.6 is 0 Å². The second kappa shape index (κ2) is 4.01. The molecule has 0 bridgehead atoms. The smallest absolute Gasteiger partial charge is 0.202 e. The van der Waals surface area contributed by atoms with Crippen LogP contribution in [0.4, 0.5) is 14.5 Å². The average molecular weight is 267 g/mol. The maximum absolute atomic E-state index is 13.7. The van der Waals surface area contributed by atoms with Gasteiger partial charge in [0.2, 0.25) is 5.82 Å². The highest BCUT2D eigenvalue weighted by molar-refractivity contribution is 6.12. The number of aldehydes is 1. The Labute approximate surface area is 108 Å². The van der Waals surface area contributed by atoms with Gasteiger partial charge in [-0.1, -0.05) is 0 Å². The summed E-state index contributed by atoms with van der Waals surface area (Å²) in [6, 6.07) is 0.743. The van der Waals surface area contributed by atoms with Crippen LogP contribution in [-0.2, 0) is 4.79 Å². The van der Waals surface area contributed by atoms with Gasteiger partial charge in [-0.3, -0.25) is 4.79 Å². The summed E-state index contributed by atoms with van der Waals surface area (Å²) in [5.74, 6) is -3.79. The van der Waals surface area contributed by atoms with Crippen molar-refractivity contribution in [2.45, 2.75) is 13.0 Å². The Kier molecular flexibility index (Phi) is 2.55. The SMILES string of the molecule is CC1COc2c(F)c(F)cc3c2N1CC(C=O)C3=O. The molecule has 3 rings (SSSR count). The molecule has 2 aliphatic rings. The van der Waals surface area contributed by atoms with Gasteiger partial charge in [0.05, 0.1) is 17.6 Å². The predicted molar refractivity (Wildman–Crippen MR) is 62.5 cm³/mol.